The van der Waals surface area contributed by atoms with E-state index in [9.17, 15) is 13.2 Å². The molecule has 2 aromatic heterocycles. The largest absolute Gasteiger partial charge is 0.360 e. The predicted molar refractivity (Wildman–Crippen MR) is 105 cm³/mol. The van der Waals surface area contributed by atoms with Gasteiger partial charge in [-0.15, -0.1) is 10.2 Å². The van der Waals surface area contributed by atoms with E-state index in [1.807, 2.05) is 0 Å². The number of carbonyl (C=O) groups is 1. The molecule has 0 radical (unpaired) electrons. The summed E-state index contributed by atoms with van der Waals surface area (Å²) in [6.45, 7) is 1.74. The molecule has 0 bridgehead atoms. The van der Waals surface area contributed by atoms with Crippen molar-refractivity contribution in [2.24, 2.45) is 7.05 Å². The molecule has 28 heavy (non-hydrogen) atoms. The van der Waals surface area contributed by atoms with Crippen LogP contribution in [-0.2, 0) is 21.9 Å². The fraction of sp³-hybridized carbons (Fsp3) is 0.250. The van der Waals surface area contributed by atoms with Crippen molar-refractivity contribution in [3.05, 3.63) is 36.1 Å². The number of thioether (sulfide) groups is 1. The molecule has 2 N–H and O–H groups in total. The molecular weight excluding hydrogens is 404 g/mol. The van der Waals surface area contributed by atoms with Crippen molar-refractivity contribution in [1.29, 1.82) is 0 Å². The Labute approximate surface area is 165 Å². The Hall–Kier alpha value is -2.86. The van der Waals surface area contributed by atoms with Crippen molar-refractivity contribution in [1.82, 2.24) is 19.9 Å². The molecule has 0 saturated heterocycles. The van der Waals surface area contributed by atoms with Gasteiger partial charge < -0.3 is 14.4 Å². The van der Waals surface area contributed by atoms with E-state index in [0.717, 1.165) is 11.8 Å². The number of hydrogen-bond donors (Lipinski definition) is 2. The highest BCUT2D eigenvalue weighted by molar-refractivity contribution is 7.99. The number of aromatic nitrogens is 4. The van der Waals surface area contributed by atoms with Crippen LogP contribution in [0.25, 0.3) is 11.4 Å². The third-order valence-corrected chi connectivity index (χ3v) is 5.14. The van der Waals surface area contributed by atoms with Crippen LogP contribution in [0.2, 0.25) is 0 Å². The number of nitrogens with one attached hydrogen (secondary N) is 2. The highest BCUT2D eigenvalue weighted by atomic mass is 32.2. The summed E-state index contributed by atoms with van der Waals surface area (Å²) >= 11 is 1.23. The zero-order chi connectivity index (χ0) is 20.3. The minimum absolute atomic E-state index is 0.134. The summed E-state index contributed by atoms with van der Waals surface area (Å²) in [6, 6.07) is 8.40. The molecule has 3 rings (SSSR count). The molecule has 0 aliphatic rings. The molecule has 1 aromatic carbocycles. The molecule has 148 valence electrons. The number of benzene rings is 1. The first kappa shape index (κ1) is 19.9. The minimum Gasteiger partial charge on any atom is -0.360 e. The number of aryl methyl sites for hydroxylation is 1. The molecule has 2 heterocycles. The monoisotopic (exact) mass is 422 g/mol. The lowest BCUT2D eigenvalue weighted by Crippen LogP contribution is -2.14. The lowest BCUT2D eigenvalue weighted by Gasteiger charge is -2.06. The average molecular weight is 422 g/mol. The van der Waals surface area contributed by atoms with Gasteiger partial charge in [-0.3, -0.25) is 9.52 Å². The number of anilines is 2. The van der Waals surface area contributed by atoms with E-state index in [4.69, 9.17) is 4.52 Å². The second-order valence-electron chi connectivity index (χ2n) is 5.98. The van der Waals surface area contributed by atoms with Crippen LogP contribution in [0.3, 0.4) is 0 Å². The van der Waals surface area contributed by atoms with Crippen LogP contribution in [0, 0.1) is 6.92 Å². The van der Waals surface area contributed by atoms with Gasteiger partial charge in [0.05, 0.1) is 12.0 Å². The Morgan fingerprint density at radius 2 is 1.96 bits per heavy atom. The number of carbonyl (C=O) groups excluding carboxylic acids is 1. The van der Waals surface area contributed by atoms with Crippen LogP contribution >= 0.6 is 11.8 Å². The molecule has 3 aromatic rings. The first-order valence-corrected chi connectivity index (χ1v) is 10.9. The van der Waals surface area contributed by atoms with Gasteiger partial charge in [-0.25, -0.2) is 8.42 Å². The second-order valence-corrected chi connectivity index (χ2v) is 8.67. The Morgan fingerprint density at radius 1 is 1.25 bits per heavy atom. The van der Waals surface area contributed by atoms with Gasteiger partial charge in [0.25, 0.3) is 0 Å². The third-order valence-electron chi connectivity index (χ3n) is 3.51. The van der Waals surface area contributed by atoms with Crippen LogP contribution in [0.5, 0.6) is 0 Å². The topological polar surface area (TPSA) is 132 Å². The van der Waals surface area contributed by atoms with Gasteiger partial charge in [0, 0.05) is 24.4 Å². The van der Waals surface area contributed by atoms with Gasteiger partial charge in [-0.2, -0.15) is 0 Å². The van der Waals surface area contributed by atoms with Crippen LogP contribution < -0.4 is 10.0 Å². The molecule has 0 spiro atoms. The van der Waals surface area contributed by atoms with E-state index in [2.05, 4.69) is 25.4 Å². The summed E-state index contributed by atoms with van der Waals surface area (Å²) in [4.78, 5) is 12.0. The maximum atomic E-state index is 12.0. The zero-order valence-electron chi connectivity index (χ0n) is 15.3. The standard InChI is InChI=1S/C16H18N6O4S2/c1-10-8-13(20-26-10)17-14(23)9-27-16-19-18-15(22(16)2)11-4-6-12(7-5-11)21-28(3,24)25/h4-8,21H,9H2,1-3H3,(H,17,20,23). The number of rotatable bonds is 7. The lowest BCUT2D eigenvalue weighted by atomic mass is 10.2. The van der Waals surface area contributed by atoms with Crippen LogP contribution in [0.4, 0.5) is 11.5 Å². The fourth-order valence-corrected chi connectivity index (χ4v) is 3.60. The van der Waals surface area contributed by atoms with E-state index in [1.54, 1.807) is 48.9 Å². The SMILES string of the molecule is Cc1cc(NC(=O)CSc2nnc(-c3ccc(NS(C)(=O)=O)cc3)n2C)no1. The Morgan fingerprint density at radius 3 is 2.57 bits per heavy atom. The number of sulfonamides is 1. The number of nitrogens with zero attached hydrogens (tertiary/aromatic N) is 4. The average Bonchev–Trinajstić information content (AvgIpc) is 3.18. The summed E-state index contributed by atoms with van der Waals surface area (Å²) in [7, 11) is -1.54. The van der Waals surface area contributed by atoms with Crippen molar-refractivity contribution in [3.8, 4) is 11.4 Å². The van der Waals surface area contributed by atoms with E-state index in [0.29, 0.717) is 28.2 Å². The Bertz CT molecular complexity index is 1090. The maximum absolute atomic E-state index is 12.0. The molecule has 0 aliphatic carbocycles. The Balaban J connectivity index is 1.64. The van der Waals surface area contributed by atoms with Crippen LogP contribution in [-0.4, -0.2) is 46.3 Å². The lowest BCUT2D eigenvalue weighted by molar-refractivity contribution is -0.113. The third kappa shape index (κ3) is 5.10. The highest BCUT2D eigenvalue weighted by Gasteiger charge is 2.14. The van der Waals surface area contributed by atoms with Gasteiger partial charge >= 0.3 is 0 Å². The Kier molecular flexibility index (Phi) is 5.70. The first-order valence-electron chi connectivity index (χ1n) is 8.05. The van der Waals surface area contributed by atoms with Crippen molar-refractivity contribution >= 4 is 39.2 Å². The quantitative estimate of drug-likeness (QED) is 0.552. The predicted octanol–water partition coefficient (Wildman–Crippen LogP) is 1.88. The summed E-state index contributed by atoms with van der Waals surface area (Å²) in [5, 5.41) is 15.2. The highest BCUT2D eigenvalue weighted by Crippen LogP contribution is 2.24. The molecule has 1 amide bonds. The van der Waals surface area contributed by atoms with Gasteiger partial charge in [0.1, 0.15) is 5.76 Å². The van der Waals surface area contributed by atoms with Gasteiger partial charge in [-0.05, 0) is 31.2 Å². The molecule has 0 unspecified atom stereocenters. The maximum Gasteiger partial charge on any atom is 0.236 e. The first-order chi connectivity index (χ1) is 13.2. The number of amides is 1. The zero-order valence-corrected chi connectivity index (χ0v) is 17.0. The summed E-state index contributed by atoms with van der Waals surface area (Å²) < 4.78 is 31.6. The van der Waals surface area contributed by atoms with Crippen LogP contribution in [0.1, 0.15) is 5.76 Å². The second kappa shape index (κ2) is 8.02. The molecular formula is C16H18N6O4S2. The smallest absolute Gasteiger partial charge is 0.236 e. The molecule has 10 nitrogen and oxygen atoms in total. The van der Waals surface area contributed by atoms with Crippen molar-refractivity contribution in [3.63, 3.8) is 0 Å². The number of hydrogen-bond acceptors (Lipinski definition) is 8. The van der Waals surface area contributed by atoms with Gasteiger partial charge in [-0.1, -0.05) is 16.9 Å². The summed E-state index contributed by atoms with van der Waals surface area (Å²) in [6.07, 6.45) is 1.09. The van der Waals surface area contributed by atoms with Crippen LogP contribution in [0.15, 0.2) is 40.0 Å². The molecule has 0 atom stereocenters. The van der Waals surface area contributed by atoms with Crippen molar-refractivity contribution in [2.75, 3.05) is 22.0 Å². The van der Waals surface area contributed by atoms with E-state index < -0.39 is 10.0 Å². The summed E-state index contributed by atoms with van der Waals surface area (Å²) in [5.74, 6) is 1.47. The molecule has 0 saturated carbocycles. The molecule has 0 aliphatic heterocycles. The van der Waals surface area contributed by atoms with E-state index >= 15 is 0 Å². The van der Waals surface area contributed by atoms with Gasteiger partial charge in [0.2, 0.25) is 15.9 Å². The molecule has 0 fully saturated rings. The fourth-order valence-electron chi connectivity index (χ4n) is 2.33. The van der Waals surface area contributed by atoms with E-state index in [-0.39, 0.29) is 11.7 Å². The van der Waals surface area contributed by atoms with Gasteiger partial charge in [0.15, 0.2) is 16.8 Å². The summed E-state index contributed by atoms with van der Waals surface area (Å²) in [5.41, 5.74) is 1.23. The molecule has 12 heteroatoms. The van der Waals surface area contributed by atoms with Crippen molar-refractivity contribution < 1.29 is 17.7 Å². The van der Waals surface area contributed by atoms with Crippen molar-refractivity contribution in [2.45, 2.75) is 12.1 Å². The van der Waals surface area contributed by atoms with E-state index in [1.165, 1.54) is 11.8 Å². The normalized spacial score (nSPS) is 11.4. The minimum atomic E-state index is -3.33.